The average Bonchev–Trinajstić information content (AvgIpc) is 2.49. The first-order valence-corrected chi connectivity index (χ1v) is 5.84. The highest BCUT2D eigenvalue weighted by Crippen LogP contribution is 2.40. The van der Waals surface area contributed by atoms with Crippen LogP contribution in [0.1, 0.15) is 12.0 Å². The third-order valence-corrected chi connectivity index (χ3v) is 2.63. The van der Waals surface area contributed by atoms with Crippen LogP contribution in [0.25, 0.3) is 0 Å². The summed E-state index contributed by atoms with van der Waals surface area (Å²) in [5, 5.41) is 0. The molecule has 0 saturated heterocycles. The molecule has 0 fully saturated rings. The van der Waals surface area contributed by atoms with Crippen LogP contribution in [0.3, 0.4) is 0 Å². The number of hydrogen-bond donors (Lipinski definition) is 0. The molecule has 0 unspecified atom stereocenters. The van der Waals surface area contributed by atoms with E-state index in [0.29, 0.717) is 17.9 Å². The molecule has 0 aliphatic rings. The van der Waals surface area contributed by atoms with Gasteiger partial charge in [0.2, 0.25) is 5.75 Å². The third-order valence-electron chi connectivity index (χ3n) is 2.63. The van der Waals surface area contributed by atoms with Crippen LogP contribution >= 0.6 is 0 Å². The molecule has 20 heavy (non-hydrogen) atoms. The van der Waals surface area contributed by atoms with Crippen molar-refractivity contribution in [1.82, 2.24) is 0 Å². The summed E-state index contributed by atoms with van der Waals surface area (Å²) in [4.78, 5) is 21.5. The summed E-state index contributed by atoms with van der Waals surface area (Å²) in [5.41, 5.74) is 0.744. The molecule has 1 rings (SSSR count). The van der Waals surface area contributed by atoms with Gasteiger partial charge in [-0.05, 0) is 18.1 Å². The Hall–Kier alpha value is -2.46. The second-order valence-corrected chi connectivity index (χ2v) is 3.72. The molecule has 0 N–H and O–H groups in total. The van der Waals surface area contributed by atoms with E-state index in [0.717, 1.165) is 11.8 Å². The Bertz CT molecular complexity index is 517. The van der Waals surface area contributed by atoms with Crippen molar-refractivity contribution in [2.45, 2.75) is 12.8 Å². The molecule has 0 radical (unpaired) electrons. The lowest BCUT2D eigenvalue weighted by atomic mass is 10.1. The van der Waals surface area contributed by atoms with E-state index in [9.17, 15) is 9.59 Å². The number of methoxy groups -OCH3 is 3. The maximum Gasteiger partial charge on any atom is 0.305 e. The molecule has 0 aromatic heterocycles. The maximum atomic E-state index is 11.2. The van der Waals surface area contributed by atoms with Gasteiger partial charge in [-0.15, -0.1) is 0 Å². The van der Waals surface area contributed by atoms with E-state index in [-0.39, 0.29) is 18.1 Å². The topological polar surface area (TPSA) is 71.1 Å². The lowest BCUT2D eigenvalue weighted by molar-refractivity contribution is -0.140. The predicted octanol–water partition coefficient (Wildman–Crippen LogP) is 1.53. The van der Waals surface area contributed by atoms with Gasteiger partial charge in [0.05, 0.1) is 21.3 Å². The Morgan fingerprint density at radius 3 is 2.50 bits per heavy atom. The van der Waals surface area contributed by atoms with E-state index in [2.05, 4.69) is 4.74 Å². The number of carbonyl (C=O) groups excluding carboxylic acids is 2. The number of carbonyl (C=O) groups is 1. The molecule has 0 saturated carbocycles. The zero-order valence-corrected chi connectivity index (χ0v) is 11.6. The zero-order valence-electron chi connectivity index (χ0n) is 11.6. The van der Waals surface area contributed by atoms with E-state index in [1.807, 2.05) is 0 Å². The summed E-state index contributed by atoms with van der Waals surface area (Å²) in [7, 11) is 4.27. The normalized spacial score (nSPS) is 9.35. The number of aryl methyl sites for hydroxylation is 1. The molecule has 108 valence electrons. The van der Waals surface area contributed by atoms with Crippen molar-refractivity contribution in [3.05, 3.63) is 24.0 Å². The fraction of sp³-hybridized carbons (Fsp3) is 0.357. The summed E-state index contributed by atoms with van der Waals surface area (Å²) in [6.07, 6.45) is 1.49. The highest BCUT2D eigenvalue weighted by atomic mass is 16.5. The second-order valence-electron chi connectivity index (χ2n) is 3.72. The van der Waals surface area contributed by atoms with Crippen molar-refractivity contribution in [1.29, 1.82) is 0 Å². The largest absolute Gasteiger partial charge is 0.493 e. The maximum absolute atomic E-state index is 11.2. The fourth-order valence-corrected chi connectivity index (χ4v) is 1.70. The number of benzene rings is 1. The lowest BCUT2D eigenvalue weighted by Crippen LogP contribution is -2.04. The van der Waals surface area contributed by atoms with Crippen LogP contribution in [0.5, 0.6) is 17.2 Å². The van der Waals surface area contributed by atoms with E-state index in [1.165, 1.54) is 27.3 Å². The molecule has 6 heteroatoms. The van der Waals surface area contributed by atoms with Gasteiger partial charge in [0.1, 0.15) is 0 Å². The molecular weight excluding hydrogens is 264 g/mol. The molecule has 0 spiro atoms. The van der Waals surface area contributed by atoms with Gasteiger partial charge in [0.25, 0.3) is 0 Å². The van der Waals surface area contributed by atoms with Gasteiger partial charge < -0.3 is 18.9 Å². The molecular formula is C14H16O6. The van der Waals surface area contributed by atoms with Gasteiger partial charge in [-0.25, -0.2) is 4.79 Å². The first-order valence-electron chi connectivity index (χ1n) is 5.84. The third kappa shape index (κ3) is 3.76. The van der Waals surface area contributed by atoms with E-state index < -0.39 is 0 Å². The molecule has 0 bridgehead atoms. The zero-order chi connectivity index (χ0) is 15.0. The minimum Gasteiger partial charge on any atom is -0.493 e. The summed E-state index contributed by atoms with van der Waals surface area (Å²) >= 11 is 0. The number of esters is 1. The highest BCUT2D eigenvalue weighted by Gasteiger charge is 2.17. The smallest absolute Gasteiger partial charge is 0.305 e. The van der Waals surface area contributed by atoms with Crippen molar-refractivity contribution >= 4 is 11.9 Å². The molecule has 1 aromatic rings. The van der Waals surface area contributed by atoms with Crippen LogP contribution in [-0.2, 0) is 20.7 Å². The van der Waals surface area contributed by atoms with Crippen LogP contribution in [0.2, 0.25) is 0 Å². The first kappa shape index (κ1) is 15.6. The van der Waals surface area contributed by atoms with Gasteiger partial charge >= 0.3 is 5.97 Å². The molecule has 0 heterocycles. The van der Waals surface area contributed by atoms with Crippen LogP contribution in [0, 0.1) is 0 Å². The lowest BCUT2D eigenvalue weighted by Gasteiger charge is -2.15. The van der Waals surface area contributed by atoms with Crippen molar-refractivity contribution in [3.63, 3.8) is 0 Å². The summed E-state index contributed by atoms with van der Waals surface area (Å²) < 4.78 is 20.2. The standard InChI is InChI=1S/C14H16O6/c1-17-11-6-4-10(5-7-12(16)18-2)13(19-3)14(11)20-9-8-15/h4,6,9H,5,7H2,1-3H3. The quantitative estimate of drug-likeness (QED) is 0.428. The molecule has 1 aromatic carbocycles. The Kier molecular flexibility index (Phi) is 6.13. The van der Waals surface area contributed by atoms with Crippen molar-refractivity contribution < 1.29 is 28.5 Å². The van der Waals surface area contributed by atoms with Gasteiger partial charge in [-0.1, -0.05) is 6.07 Å². The Balaban J connectivity index is 3.11. The predicted molar refractivity (Wildman–Crippen MR) is 70.8 cm³/mol. The first-order chi connectivity index (χ1) is 9.67. The molecule has 0 aliphatic heterocycles. The molecule has 6 nitrogen and oxygen atoms in total. The number of ether oxygens (including phenoxy) is 4. The molecule has 0 atom stereocenters. The van der Waals surface area contributed by atoms with Crippen LogP contribution in [0.4, 0.5) is 0 Å². The van der Waals surface area contributed by atoms with Crippen LogP contribution in [-0.4, -0.2) is 33.2 Å². The Morgan fingerprint density at radius 1 is 1.20 bits per heavy atom. The molecule has 0 aliphatic carbocycles. The number of rotatable bonds is 7. The fourth-order valence-electron chi connectivity index (χ4n) is 1.70. The minimum absolute atomic E-state index is 0.210. The van der Waals surface area contributed by atoms with E-state index in [1.54, 1.807) is 12.1 Å². The van der Waals surface area contributed by atoms with E-state index >= 15 is 0 Å². The minimum atomic E-state index is -0.321. The summed E-state index contributed by atoms with van der Waals surface area (Å²) in [6.45, 7) is 0. The highest BCUT2D eigenvalue weighted by molar-refractivity contribution is 5.70. The van der Waals surface area contributed by atoms with Gasteiger partial charge in [0, 0.05) is 6.42 Å². The SMILES string of the molecule is COC(=O)CCc1ccc(OC)c(OC=C=O)c1OC. The number of hydrogen-bond acceptors (Lipinski definition) is 6. The molecule has 0 amide bonds. The average molecular weight is 280 g/mol. The Morgan fingerprint density at radius 2 is 1.95 bits per heavy atom. The van der Waals surface area contributed by atoms with Gasteiger partial charge in [-0.3, -0.25) is 4.79 Å². The van der Waals surface area contributed by atoms with Crippen molar-refractivity contribution in [2.24, 2.45) is 0 Å². The van der Waals surface area contributed by atoms with Gasteiger partial charge in [-0.2, -0.15) is 0 Å². The summed E-state index contributed by atoms with van der Waals surface area (Å²) in [5.74, 6) is 2.27. The van der Waals surface area contributed by atoms with E-state index in [4.69, 9.17) is 14.2 Å². The second kappa shape index (κ2) is 7.86. The van der Waals surface area contributed by atoms with Crippen molar-refractivity contribution in [2.75, 3.05) is 21.3 Å². The summed E-state index contributed by atoms with van der Waals surface area (Å²) in [6, 6.07) is 3.43. The van der Waals surface area contributed by atoms with Crippen LogP contribution < -0.4 is 14.2 Å². The monoisotopic (exact) mass is 280 g/mol. The van der Waals surface area contributed by atoms with Crippen LogP contribution in [0.15, 0.2) is 18.4 Å². The Labute approximate surface area is 116 Å². The van der Waals surface area contributed by atoms with Gasteiger partial charge in [0.15, 0.2) is 23.7 Å². The van der Waals surface area contributed by atoms with Crippen molar-refractivity contribution in [3.8, 4) is 17.2 Å².